The summed E-state index contributed by atoms with van der Waals surface area (Å²) in [7, 11) is 0. The zero-order valence-corrected chi connectivity index (χ0v) is 60.5. The third-order valence-corrected chi connectivity index (χ3v) is 20.2. The Morgan fingerprint density at radius 3 is 0.879 bits per heavy atom. The van der Waals surface area contributed by atoms with Gasteiger partial charge in [-0.05, 0) is 179 Å². The van der Waals surface area contributed by atoms with E-state index in [0.29, 0.717) is 11.6 Å². The van der Waals surface area contributed by atoms with E-state index in [0.717, 1.165) is 28.9 Å². The predicted molar refractivity (Wildman–Crippen MR) is 400 cm³/mol. The van der Waals surface area contributed by atoms with E-state index in [1.54, 1.807) is 22.3 Å². The smallest absolute Gasteiger partial charge is 0.164 e. The van der Waals surface area contributed by atoms with E-state index in [1.807, 2.05) is 0 Å². The van der Waals surface area contributed by atoms with Crippen LogP contribution in [-0.2, 0) is 24.7 Å². The van der Waals surface area contributed by atoms with Crippen LogP contribution in [0.4, 0.5) is 0 Å². The topological polar surface area (TPSA) is 38.7 Å². The van der Waals surface area contributed by atoms with Crippen LogP contribution >= 0.6 is 0 Å². The van der Waals surface area contributed by atoms with Crippen molar-refractivity contribution in [2.75, 3.05) is 0 Å². The van der Waals surface area contributed by atoms with Gasteiger partial charge in [-0.1, -0.05) is 328 Å². The van der Waals surface area contributed by atoms with Crippen molar-refractivity contribution in [3.63, 3.8) is 0 Å². The molecule has 0 spiro atoms. The van der Waals surface area contributed by atoms with Crippen LogP contribution in [0.3, 0.4) is 0 Å². The van der Waals surface area contributed by atoms with Crippen molar-refractivity contribution in [3.05, 3.63) is 182 Å². The number of hydrogen-bond donors (Lipinski definition) is 0. The molecule has 1 aromatic heterocycles. The van der Waals surface area contributed by atoms with Crippen molar-refractivity contribution < 1.29 is 0 Å². The second kappa shape index (κ2) is 41.1. The van der Waals surface area contributed by atoms with Gasteiger partial charge in [0.05, 0.1) is 0 Å². The highest BCUT2D eigenvalue weighted by Crippen LogP contribution is 2.55. The lowest BCUT2D eigenvalue weighted by atomic mass is 9.70. The Hall–Kier alpha value is -5.67. The van der Waals surface area contributed by atoms with Crippen LogP contribution in [-0.4, -0.2) is 15.0 Å². The molecule has 0 amide bonds. The molecule has 494 valence electrons. The third-order valence-electron chi connectivity index (χ3n) is 20.2. The molecule has 0 saturated carbocycles. The molecule has 0 fully saturated rings. The van der Waals surface area contributed by atoms with Gasteiger partial charge >= 0.3 is 0 Å². The summed E-state index contributed by atoms with van der Waals surface area (Å²) < 4.78 is 0. The predicted octanol–water partition coefficient (Wildman–Crippen LogP) is 27.2. The summed E-state index contributed by atoms with van der Waals surface area (Å²) in [6.07, 6.45) is 47.5. The van der Waals surface area contributed by atoms with Gasteiger partial charge in [0, 0.05) is 22.1 Å². The third kappa shape index (κ3) is 24.0. The number of rotatable bonds is 38. The first-order valence-corrected chi connectivity index (χ1v) is 37.6. The van der Waals surface area contributed by atoms with E-state index in [1.165, 1.54) is 280 Å². The van der Waals surface area contributed by atoms with Gasteiger partial charge in [0.25, 0.3) is 0 Å². The van der Waals surface area contributed by atoms with E-state index in [-0.39, 0.29) is 5.41 Å². The van der Waals surface area contributed by atoms with Crippen molar-refractivity contribution in [3.8, 4) is 45.3 Å². The summed E-state index contributed by atoms with van der Waals surface area (Å²) in [5, 5.41) is 0. The number of benzene rings is 6. The van der Waals surface area contributed by atoms with Gasteiger partial charge in [-0.3, -0.25) is 0 Å². The Balaban J connectivity index is 0.000000227. The quantitative estimate of drug-likeness (QED) is 0.0362. The molecule has 0 N–H and O–H groups in total. The summed E-state index contributed by atoms with van der Waals surface area (Å²) in [6.45, 7) is 29.5. The van der Waals surface area contributed by atoms with Crippen molar-refractivity contribution in [1.29, 1.82) is 0 Å². The van der Waals surface area contributed by atoms with Gasteiger partial charge in [-0.25, -0.2) is 15.0 Å². The first-order valence-electron chi connectivity index (χ1n) is 37.6. The van der Waals surface area contributed by atoms with Crippen molar-refractivity contribution >= 4 is 0 Å². The van der Waals surface area contributed by atoms with E-state index < -0.39 is 0 Å². The number of hydrogen-bond acceptors (Lipinski definition) is 3. The van der Waals surface area contributed by atoms with Crippen molar-refractivity contribution in [2.45, 2.75) is 320 Å². The van der Waals surface area contributed by atoms with Crippen molar-refractivity contribution in [2.24, 2.45) is 0 Å². The lowest BCUT2D eigenvalue weighted by molar-refractivity contribution is 0.397. The molecule has 6 aromatic carbocycles. The molecular weight excluding hydrogens is 1100 g/mol. The minimum Gasteiger partial charge on any atom is -0.208 e. The van der Waals surface area contributed by atoms with Gasteiger partial charge in [0.2, 0.25) is 0 Å². The fourth-order valence-electron chi connectivity index (χ4n) is 13.9. The molecule has 3 heteroatoms. The highest BCUT2D eigenvalue weighted by Gasteiger charge is 2.43. The first-order chi connectivity index (χ1) is 44.2. The average Bonchev–Trinajstić information content (AvgIpc) is 1.56. The van der Waals surface area contributed by atoms with E-state index >= 15 is 0 Å². The van der Waals surface area contributed by atoms with Crippen LogP contribution in [0.25, 0.3) is 45.3 Å². The Morgan fingerprint density at radius 1 is 0.264 bits per heavy atom. The molecule has 91 heavy (non-hydrogen) atoms. The molecule has 0 aliphatic heterocycles. The summed E-state index contributed by atoms with van der Waals surface area (Å²) >= 11 is 0. The fraction of sp³-hybridized carbons (Fsp3) is 0.557. The summed E-state index contributed by atoms with van der Waals surface area (Å²) in [5.74, 6) is 2.14. The molecule has 0 unspecified atom stereocenters. The first kappa shape index (κ1) is 74.4. The molecule has 0 bridgehead atoms. The van der Waals surface area contributed by atoms with Gasteiger partial charge < -0.3 is 0 Å². The van der Waals surface area contributed by atoms with Crippen LogP contribution in [0, 0.1) is 55.4 Å². The SMILES string of the molecule is CCCCCCCCC1(CCCCCCCC)c2cc(C)c(C)cc2-c2cc(C)c(C)cc21.CCCCCCCCCCCCc1ccc(-c2nc(-c3ccc(C)cc3)nc(-c3ccc(C)cc3)n2)cc1.CCCCCCc1cc(C)c(CCCCCC)cc1C. The molecule has 1 aliphatic rings. The van der Waals surface area contributed by atoms with Gasteiger partial charge in [0.15, 0.2) is 17.5 Å². The lowest BCUT2D eigenvalue weighted by Gasteiger charge is -2.33. The summed E-state index contributed by atoms with van der Waals surface area (Å²) in [5.41, 5.74) is 25.4. The van der Waals surface area contributed by atoms with E-state index in [4.69, 9.17) is 15.0 Å². The molecule has 0 saturated heterocycles. The Bertz CT molecular complexity index is 2980. The highest BCUT2D eigenvalue weighted by atomic mass is 15.0. The normalized spacial score (nSPS) is 12.1. The summed E-state index contributed by atoms with van der Waals surface area (Å²) in [4.78, 5) is 14.6. The maximum Gasteiger partial charge on any atom is 0.164 e. The van der Waals surface area contributed by atoms with Crippen LogP contribution in [0.5, 0.6) is 0 Å². The molecule has 1 heterocycles. The Morgan fingerprint density at radius 2 is 0.538 bits per heavy atom. The molecular formula is C88H127N3. The van der Waals surface area contributed by atoms with E-state index in [2.05, 4.69) is 199 Å². The standard InChI is InChI=1S/C35H43N3.C33H50.C20H34/c1-4-5-6-7-8-9-10-11-12-13-14-29-19-25-32(26-20-29)35-37-33(30-21-15-27(2)16-22-30)36-34(38-35)31-23-17-28(3)18-24-31;1-7-9-11-13-15-17-19-33(20-18-16-14-12-10-8-2)31-23-27(5)25(3)21-29(31)30-22-26(4)28(6)24-32(30)33;1-5-7-9-11-13-19-15-18(4)20(16-17(19)3)14-12-10-8-6-2/h15-26H,4-14H2,1-3H3;21-24H,7-20H2,1-6H3;15-16H,5-14H2,1-4H3. The number of nitrogens with zero attached hydrogens (tertiary/aromatic N) is 3. The molecule has 1 aliphatic carbocycles. The van der Waals surface area contributed by atoms with Crippen LogP contribution < -0.4 is 0 Å². The zero-order valence-electron chi connectivity index (χ0n) is 60.5. The molecule has 8 rings (SSSR count). The lowest BCUT2D eigenvalue weighted by Crippen LogP contribution is -2.26. The number of aryl methyl sites for hydroxylation is 11. The van der Waals surface area contributed by atoms with Crippen LogP contribution in [0.2, 0.25) is 0 Å². The highest BCUT2D eigenvalue weighted by molar-refractivity contribution is 5.83. The minimum atomic E-state index is 0.219. The summed E-state index contributed by atoms with van der Waals surface area (Å²) in [6, 6.07) is 40.6. The van der Waals surface area contributed by atoms with Gasteiger partial charge in [0.1, 0.15) is 0 Å². The van der Waals surface area contributed by atoms with Gasteiger partial charge in [-0.15, -0.1) is 0 Å². The maximum absolute atomic E-state index is 4.88. The Kier molecular flexibility index (Phi) is 33.6. The second-order valence-electron chi connectivity index (χ2n) is 28.1. The molecule has 3 nitrogen and oxygen atoms in total. The second-order valence-corrected chi connectivity index (χ2v) is 28.1. The number of fused-ring (bicyclic) bond motifs is 3. The maximum atomic E-state index is 4.88. The fourth-order valence-corrected chi connectivity index (χ4v) is 13.9. The Labute approximate surface area is 558 Å². The number of aromatic nitrogens is 3. The molecule has 0 radical (unpaired) electrons. The number of unbranched alkanes of at least 4 members (excludes halogenated alkanes) is 25. The zero-order chi connectivity index (χ0) is 65.2. The largest absolute Gasteiger partial charge is 0.208 e. The average molecular weight is 1230 g/mol. The van der Waals surface area contributed by atoms with Crippen LogP contribution in [0.1, 0.15) is 312 Å². The van der Waals surface area contributed by atoms with Crippen molar-refractivity contribution in [1.82, 2.24) is 15.0 Å². The van der Waals surface area contributed by atoms with Crippen LogP contribution in [0.15, 0.2) is 109 Å². The molecule has 7 aromatic rings. The molecule has 0 atom stereocenters. The monoisotopic (exact) mass is 1230 g/mol. The van der Waals surface area contributed by atoms with Gasteiger partial charge in [-0.2, -0.15) is 0 Å². The van der Waals surface area contributed by atoms with E-state index in [9.17, 15) is 0 Å². The minimum absolute atomic E-state index is 0.219.